The molecule has 0 aliphatic carbocycles. The highest BCUT2D eigenvalue weighted by atomic mass is 35.5. The Kier molecular flexibility index (Phi) is 8.28. The molecule has 2 aromatic carbocycles. The van der Waals surface area contributed by atoms with Crippen molar-refractivity contribution < 1.29 is 14.6 Å². The third-order valence-electron chi connectivity index (χ3n) is 9.40. The molecule has 1 spiro atoms. The van der Waals surface area contributed by atoms with E-state index in [0.29, 0.717) is 10.9 Å². The first-order valence-electron chi connectivity index (χ1n) is 14.2. The zero-order valence-corrected chi connectivity index (χ0v) is 24.9. The van der Waals surface area contributed by atoms with Gasteiger partial charge in [0.05, 0.1) is 5.60 Å². The van der Waals surface area contributed by atoms with E-state index in [4.69, 9.17) is 27.9 Å². The second-order valence-corrected chi connectivity index (χ2v) is 13.6. The Morgan fingerprint density at radius 1 is 1.12 bits per heavy atom. The third-order valence-corrected chi connectivity index (χ3v) is 10.7. The first-order chi connectivity index (χ1) is 19.3. The molecule has 1 aromatic heterocycles. The maximum Gasteiger partial charge on any atom is 0.333 e. The van der Waals surface area contributed by atoms with E-state index in [-0.39, 0.29) is 16.9 Å². The highest BCUT2D eigenvalue weighted by Gasteiger charge is 2.52. The summed E-state index contributed by atoms with van der Waals surface area (Å²) in [5.41, 5.74) is 3.33. The molecule has 3 aromatic rings. The van der Waals surface area contributed by atoms with E-state index >= 15 is 0 Å². The van der Waals surface area contributed by atoms with Gasteiger partial charge in [0.25, 0.3) is 0 Å². The second kappa shape index (κ2) is 11.7. The maximum atomic E-state index is 12.2. The number of thiophene rings is 1. The molecule has 6 rings (SSSR count). The summed E-state index contributed by atoms with van der Waals surface area (Å²) >= 11 is 14.7. The monoisotopic (exact) mass is 598 g/mol. The molecule has 2 N–H and O–H groups in total. The molecule has 8 heteroatoms. The molecule has 4 atom stereocenters. The molecular formula is C32H36Cl2N2O3S. The molecule has 3 aliphatic rings. The number of hydrogen-bond acceptors (Lipinski definition) is 5. The van der Waals surface area contributed by atoms with Crippen LogP contribution in [0.4, 0.5) is 0 Å². The number of aliphatic carboxylic acids is 1. The van der Waals surface area contributed by atoms with Crippen LogP contribution in [-0.4, -0.2) is 60.4 Å². The van der Waals surface area contributed by atoms with Gasteiger partial charge in [-0.3, -0.25) is 0 Å². The molecular weight excluding hydrogens is 563 g/mol. The zero-order chi connectivity index (χ0) is 27.7. The molecule has 3 aliphatic heterocycles. The van der Waals surface area contributed by atoms with Crippen LogP contribution in [0.3, 0.4) is 0 Å². The van der Waals surface area contributed by atoms with Crippen LogP contribution in [0.25, 0.3) is 0 Å². The van der Waals surface area contributed by atoms with Gasteiger partial charge in [-0.05, 0) is 77.8 Å². The molecule has 3 fully saturated rings. The van der Waals surface area contributed by atoms with Gasteiger partial charge in [0, 0.05) is 60.0 Å². The molecule has 3 saturated heterocycles. The molecule has 212 valence electrons. The van der Waals surface area contributed by atoms with E-state index in [1.165, 1.54) is 11.1 Å². The topological polar surface area (TPSA) is 61.8 Å². The van der Waals surface area contributed by atoms with Crippen molar-refractivity contribution in [1.82, 2.24) is 10.2 Å². The summed E-state index contributed by atoms with van der Waals surface area (Å²) in [6.45, 7) is 4.62. The number of carboxylic acids is 1. The number of carbonyl (C=O) groups is 1. The average molecular weight is 600 g/mol. The molecule has 0 amide bonds. The predicted octanol–water partition coefficient (Wildman–Crippen LogP) is 6.54. The summed E-state index contributed by atoms with van der Waals surface area (Å²) < 4.78 is 6.42. The number of benzene rings is 2. The number of halogens is 2. The summed E-state index contributed by atoms with van der Waals surface area (Å²) in [4.78, 5) is 14.7. The van der Waals surface area contributed by atoms with Gasteiger partial charge in [0.2, 0.25) is 0 Å². The van der Waals surface area contributed by atoms with Crippen molar-refractivity contribution in [3.05, 3.63) is 92.1 Å². The fraction of sp³-hybridized carbons (Fsp3) is 0.469. The van der Waals surface area contributed by atoms with Crippen LogP contribution in [0.2, 0.25) is 10.0 Å². The quantitative estimate of drug-likeness (QED) is 0.308. The van der Waals surface area contributed by atoms with Crippen molar-refractivity contribution in [2.24, 2.45) is 11.3 Å². The van der Waals surface area contributed by atoms with Crippen LogP contribution < -0.4 is 5.32 Å². The van der Waals surface area contributed by atoms with Gasteiger partial charge in [-0.15, -0.1) is 0 Å². The number of rotatable bonds is 8. The molecule has 0 bridgehead atoms. The van der Waals surface area contributed by atoms with Gasteiger partial charge in [-0.1, -0.05) is 59.6 Å². The Hall–Kier alpha value is -1.93. The lowest BCUT2D eigenvalue weighted by Crippen LogP contribution is -2.50. The second-order valence-electron chi connectivity index (χ2n) is 12.0. The largest absolute Gasteiger partial charge is 0.479 e. The van der Waals surface area contributed by atoms with Crippen LogP contribution in [0.1, 0.15) is 41.9 Å². The van der Waals surface area contributed by atoms with Crippen molar-refractivity contribution in [2.45, 2.75) is 49.7 Å². The minimum Gasteiger partial charge on any atom is -0.479 e. The summed E-state index contributed by atoms with van der Waals surface area (Å²) in [6.07, 6.45) is 3.38. The number of nitrogens with zero attached hydrogens (tertiary/aromatic N) is 1. The van der Waals surface area contributed by atoms with Gasteiger partial charge >= 0.3 is 5.97 Å². The van der Waals surface area contributed by atoms with Crippen molar-refractivity contribution in [3.8, 4) is 0 Å². The minimum atomic E-state index is -0.838. The summed E-state index contributed by atoms with van der Waals surface area (Å²) in [7, 11) is 0. The van der Waals surface area contributed by atoms with Crippen LogP contribution in [-0.2, 0) is 22.4 Å². The smallest absolute Gasteiger partial charge is 0.333 e. The molecule has 0 radical (unpaired) electrons. The summed E-state index contributed by atoms with van der Waals surface area (Å²) in [5.74, 6) is -0.461. The molecule has 2 unspecified atom stereocenters. The van der Waals surface area contributed by atoms with E-state index < -0.39 is 12.1 Å². The van der Waals surface area contributed by atoms with E-state index in [1.54, 1.807) is 11.3 Å². The Morgan fingerprint density at radius 3 is 2.62 bits per heavy atom. The van der Waals surface area contributed by atoms with Crippen LogP contribution in [0.5, 0.6) is 0 Å². The predicted molar refractivity (Wildman–Crippen MR) is 162 cm³/mol. The molecule has 40 heavy (non-hydrogen) atoms. The summed E-state index contributed by atoms with van der Waals surface area (Å²) in [5, 5.41) is 19.5. The maximum absolute atomic E-state index is 12.2. The van der Waals surface area contributed by atoms with E-state index in [1.807, 2.05) is 30.3 Å². The number of nitrogens with one attached hydrogen (secondary N) is 1. The lowest BCUT2D eigenvalue weighted by Gasteiger charge is -2.44. The van der Waals surface area contributed by atoms with E-state index in [9.17, 15) is 9.90 Å². The highest BCUT2D eigenvalue weighted by Crippen LogP contribution is 2.47. The first kappa shape index (κ1) is 28.2. The average Bonchev–Trinajstić information content (AvgIpc) is 3.68. The van der Waals surface area contributed by atoms with Crippen molar-refractivity contribution in [2.75, 3.05) is 32.7 Å². The van der Waals surface area contributed by atoms with E-state index in [0.717, 1.165) is 75.4 Å². The standard InChI is InChI=1S/C32H36Cl2N2O3S/c33-26-7-6-23(28(34)15-26)16-31(20-35-18-27(31)24-8-13-40-19-24)21-36-11-9-32(10-12-36)17-25(29(39-32)30(37)38)14-22-4-2-1-3-5-22/h1-8,13,15,19,25,27,29,35H,9-12,14,16-18,20-21H2,(H,37,38)/t25?,27-,29?,31+/m1/s1. The van der Waals surface area contributed by atoms with E-state index in [2.05, 4.69) is 45.2 Å². The molecule has 4 heterocycles. The number of carboxylic acid groups (broad SMARTS) is 1. The Morgan fingerprint density at radius 2 is 1.93 bits per heavy atom. The van der Waals surface area contributed by atoms with Crippen LogP contribution >= 0.6 is 34.5 Å². The molecule has 5 nitrogen and oxygen atoms in total. The number of piperidine rings is 1. The SMILES string of the molecule is O=C(O)C1OC2(CCN(C[C@]3(Cc4ccc(Cl)cc4Cl)CNC[C@@H]3c3ccsc3)CC2)CC1Cc1ccccc1. The van der Waals surface area contributed by atoms with Gasteiger partial charge in [-0.2, -0.15) is 11.3 Å². The Bertz CT molecular complexity index is 1310. The van der Waals surface area contributed by atoms with Gasteiger partial charge < -0.3 is 20.1 Å². The number of ether oxygens (including phenoxy) is 1. The minimum absolute atomic E-state index is 0.00755. The van der Waals surface area contributed by atoms with Gasteiger partial charge in [0.15, 0.2) is 6.10 Å². The van der Waals surface area contributed by atoms with Crippen molar-refractivity contribution >= 4 is 40.5 Å². The molecule has 0 saturated carbocycles. The van der Waals surface area contributed by atoms with Gasteiger partial charge in [0.1, 0.15) is 0 Å². The lowest BCUT2D eigenvalue weighted by atomic mass is 9.70. The van der Waals surface area contributed by atoms with Crippen molar-refractivity contribution in [3.63, 3.8) is 0 Å². The van der Waals surface area contributed by atoms with Crippen LogP contribution in [0.15, 0.2) is 65.4 Å². The first-order valence-corrected chi connectivity index (χ1v) is 15.9. The number of hydrogen-bond donors (Lipinski definition) is 2. The third kappa shape index (κ3) is 5.85. The Labute approximate surface area is 250 Å². The highest BCUT2D eigenvalue weighted by molar-refractivity contribution is 7.08. The normalized spacial score (nSPS) is 28.3. The summed E-state index contributed by atoms with van der Waals surface area (Å²) in [6, 6.07) is 18.3. The van der Waals surface area contributed by atoms with Crippen LogP contribution in [0, 0.1) is 11.3 Å². The zero-order valence-electron chi connectivity index (χ0n) is 22.5. The Balaban J connectivity index is 1.18. The number of likely N-dealkylation sites (tertiary alicyclic amines) is 1. The van der Waals surface area contributed by atoms with Gasteiger partial charge in [-0.25, -0.2) is 4.79 Å². The fourth-order valence-electron chi connectivity index (χ4n) is 7.43. The lowest BCUT2D eigenvalue weighted by molar-refractivity contribution is -0.159. The fourth-order valence-corrected chi connectivity index (χ4v) is 8.62. The van der Waals surface area contributed by atoms with Crippen molar-refractivity contribution in [1.29, 1.82) is 0 Å².